The Morgan fingerprint density at radius 2 is 1.70 bits per heavy atom. The third kappa shape index (κ3) is 3.23. The minimum atomic E-state index is -3.75. The number of sulfonamides is 1. The van der Waals surface area contributed by atoms with Crippen molar-refractivity contribution in [2.75, 3.05) is 25.6 Å². The van der Waals surface area contributed by atoms with Crippen molar-refractivity contribution in [3.05, 3.63) is 47.0 Å². The predicted molar refractivity (Wildman–Crippen MR) is 91.3 cm³/mol. The van der Waals surface area contributed by atoms with Crippen molar-refractivity contribution in [3.8, 4) is 11.5 Å². The number of nitrogens with zero attached hydrogens (tertiary/aromatic N) is 1. The Morgan fingerprint density at radius 3 is 2.30 bits per heavy atom. The lowest BCUT2D eigenvalue weighted by Crippen LogP contribution is -2.27. The van der Waals surface area contributed by atoms with Crippen LogP contribution in [-0.4, -0.2) is 29.7 Å². The molecule has 0 heterocycles. The fraction of sp³-hybridized carbons (Fsp3) is 0.250. The van der Waals surface area contributed by atoms with Gasteiger partial charge in [0.1, 0.15) is 0 Å². The van der Waals surface area contributed by atoms with Gasteiger partial charge < -0.3 is 9.47 Å². The summed E-state index contributed by atoms with van der Waals surface area (Å²) in [7, 11) is 0.692. The van der Waals surface area contributed by atoms with E-state index in [2.05, 4.69) is 0 Å². The maximum absolute atomic E-state index is 12.9. The molecule has 0 fully saturated rings. The molecule has 124 valence electrons. The first-order valence-corrected chi connectivity index (χ1v) is 8.60. The number of ether oxygens (including phenoxy) is 2. The number of hydrogen-bond acceptors (Lipinski definition) is 4. The summed E-state index contributed by atoms with van der Waals surface area (Å²) in [6.07, 6.45) is 0. The molecule has 0 atom stereocenters. The highest BCUT2D eigenvalue weighted by Gasteiger charge is 2.24. The molecule has 0 amide bonds. The summed E-state index contributed by atoms with van der Waals surface area (Å²) in [5, 5.41) is 0.511. The van der Waals surface area contributed by atoms with E-state index in [9.17, 15) is 8.42 Å². The highest BCUT2D eigenvalue weighted by atomic mass is 35.5. The monoisotopic (exact) mass is 355 g/mol. The molecular weight excluding hydrogens is 338 g/mol. The van der Waals surface area contributed by atoms with Gasteiger partial charge in [-0.25, -0.2) is 8.42 Å². The van der Waals surface area contributed by atoms with Gasteiger partial charge in [-0.1, -0.05) is 17.7 Å². The zero-order valence-electron chi connectivity index (χ0n) is 13.3. The van der Waals surface area contributed by atoms with E-state index in [1.165, 1.54) is 37.7 Å². The molecule has 2 aromatic carbocycles. The summed E-state index contributed by atoms with van der Waals surface area (Å²) in [4.78, 5) is 0.108. The molecule has 5 nitrogen and oxygen atoms in total. The summed E-state index contributed by atoms with van der Waals surface area (Å²) in [5.41, 5.74) is 1.22. The first-order chi connectivity index (χ1) is 10.8. The van der Waals surface area contributed by atoms with E-state index >= 15 is 0 Å². The van der Waals surface area contributed by atoms with E-state index in [0.717, 1.165) is 0 Å². The Labute approximate surface area is 141 Å². The van der Waals surface area contributed by atoms with Gasteiger partial charge in [0.2, 0.25) is 0 Å². The van der Waals surface area contributed by atoms with Gasteiger partial charge in [0.15, 0.2) is 11.5 Å². The summed E-state index contributed by atoms with van der Waals surface area (Å²) in [6.45, 7) is 1.78. The van der Waals surface area contributed by atoms with Gasteiger partial charge in [0, 0.05) is 18.1 Å². The van der Waals surface area contributed by atoms with Gasteiger partial charge >= 0.3 is 0 Å². The zero-order valence-corrected chi connectivity index (χ0v) is 14.9. The lowest BCUT2D eigenvalue weighted by molar-refractivity contribution is 0.354. The number of rotatable bonds is 5. The zero-order chi connectivity index (χ0) is 17.2. The van der Waals surface area contributed by atoms with Crippen molar-refractivity contribution in [1.29, 1.82) is 0 Å². The van der Waals surface area contributed by atoms with E-state index in [1.54, 1.807) is 31.2 Å². The largest absolute Gasteiger partial charge is 0.493 e. The Kier molecular flexibility index (Phi) is 5.06. The van der Waals surface area contributed by atoms with Crippen molar-refractivity contribution in [2.24, 2.45) is 0 Å². The third-order valence-corrected chi connectivity index (χ3v) is 5.77. The fourth-order valence-corrected chi connectivity index (χ4v) is 3.64. The Hall–Kier alpha value is -1.92. The van der Waals surface area contributed by atoms with Crippen LogP contribution in [0.1, 0.15) is 5.56 Å². The lowest BCUT2D eigenvalue weighted by Gasteiger charge is -2.22. The second-order valence-corrected chi connectivity index (χ2v) is 7.25. The molecule has 23 heavy (non-hydrogen) atoms. The van der Waals surface area contributed by atoms with Gasteiger partial charge in [-0.05, 0) is 36.8 Å². The predicted octanol–water partition coefficient (Wildman–Crippen LogP) is 3.49. The highest BCUT2D eigenvalue weighted by Crippen LogP contribution is 2.33. The highest BCUT2D eigenvalue weighted by molar-refractivity contribution is 7.92. The summed E-state index contributed by atoms with van der Waals surface area (Å²) < 4.78 is 37.2. The number of methoxy groups -OCH3 is 2. The number of anilines is 1. The summed E-state index contributed by atoms with van der Waals surface area (Å²) >= 11 is 6.08. The fourth-order valence-electron chi connectivity index (χ4n) is 2.20. The van der Waals surface area contributed by atoms with Crippen LogP contribution in [0.25, 0.3) is 0 Å². The van der Waals surface area contributed by atoms with Crippen LogP contribution in [-0.2, 0) is 10.0 Å². The number of benzene rings is 2. The standard InChI is InChI=1S/C16H18ClNO4S/c1-11-13(17)6-5-7-14(11)18(2)23(19,20)12-8-9-15(21-3)16(10-12)22-4/h5-10H,1-4H3. The Morgan fingerprint density at radius 1 is 1.04 bits per heavy atom. The second-order valence-electron chi connectivity index (χ2n) is 4.87. The van der Waals surface area contributed by atoms with Crippen LogP contribution >= 0.6 is 11.6 Å². The third-order valence-electron chi connectivity index (χ3n) is 3.59. The molecule has 0 aliphatic carbocycles. The molecule has 2 rings (SSSR count). The van der Waals surface area contributed by atoms with Gasteiger partial charge in [0.25, 0.3) is 10.0 Å². The van der Waals surface area contributed by atoms with Crippen LogP contribution in [0.5, 0.6) is 11.5 Å². The quantitative estimate of drug-likeness (QED) is 0.823. The minimum Gasteiger partial charge on any atom is -0.493 e. The molecule has 0 radical (unpaired) electrons. The van der Waals surface area contributed by atoms with Gasteiger partial charge in [-0.2, -0.15) is 0 Å². The molecule has 0 aliphatic heterocycles. The average molecular weight is 356 g/mol. The second kappa shape index (κ2) is 6.68. The van der Waals surface area contributed by atoms with Crippen LogP contribution in [0.3, 0.4) is 0 Å². The van der Waals surface area contributed by atoms with Crippen LogP contribution in [0.4, 0.5) is 5.69 Å². The first-order valence-electron chi connectivity index (χ1n) is 6.79. The molecule has 7 heteroatoms. The van der Waals surface area contributed by atoms with E-state index in [1.807, 2.05) is 0 Å². The van der Waals surface area contributed by atoms with Crippen LogP contribution in [0.15, 0.2) is 41.3 Å². The smallest absolute Gasteiger partial charge is 0.264 e. The number of hydrogen-bond donors (Lipinski definition) is 0. The van der Waals surface area contributed by atoms with Crippen molar-refractivity contribution < 1.29 is 17.9 Å². The van der Waals surface area contributed by atoms with Gasteiger partial charge in [-0.15, -0.1) is 0 Å². The van der Waals surface area contributed by atoms with Crippen LogP contribution < -0.4 is 13.8 Å². The average Bonchev–Trinajstić information content (AvgIpc) is 2.55. The topological polar surface area (TPSA) is 55.8 Å². The molecule has 0 unspecified atom stereocenters. The van der Waals surface area contributed by atoms with Crippen molar-refractivity contribution in [3.63, 3.8) is 0 Å². The van der Waals surface area contributed by atoms with E-state index in [4.69, 9.17) is 21.1 Å². The number of halogens is 1. The van der Waals surface area contributed by atoms with Crippen LogP contribution in [0, 0.1) is 6.92 Å². The molecule has 0 spiro atoms. The molecule has 0 saturated carbocycles. The molecule has 0 saturated heterocycles. The Bertz CT molecular complexity index is 821. The lowest BCUT2D eigenvalue weighted by atomic mass is 10.2. The summed E-state index contributed by atoms with van der Waals surface area (Å²) in [5.74, 6) is 0.817. The van der Waals surface area contributed by atoms with Gasteiger partial charge in [0.05, 0.1) is 24.8 Å². The van der Waals surface area contributed by atoms with E-state index < -0.39 is 10.0 Å². The van der Waals surface area contributed by atoms with Crippen LogP contribution in [0.2, 0.25) is 5.02 Å². The molecule has 0 aliphatic rings. The van der Waals surface area contributed by atoms with Crippen molar-refractivity contribution in [2.45, 2.75) is 11.8 Å². The normalized spacial score (nSPS) is 11.2. The molecule has 2 aromatic rings. The minimum absolute atomic E-state index is 0.108. The van der Waals surface area contributed by atoms with Crippen molar-refractivity contribution in [1.82, 2.24) is 0 Å². The van der Waals surface area contributed by atoms with Crippen molar-refractivity contribution >= 4 is 27.3 Å². The maximum Gasteiger partial charge on any atom is 0.264 e. The maximum atomic E-state index is 12.9. The van der Waals surface area contributed by atoms with E-state index in [-0.39, 0.29) is 4.90 Å². The Balaban J connectivity index is 2.51. The molecule has 0 bridgehead atoms. The van der Waals surface area contributed by atoms with Gasteiger partial charge in [-0.3, -0.25) is 4.31 Å². The molecular formula is C16H18ClNO4S. The SMILES string of the molecule is COc1ccc(S(=O)(=O)N(C)c2cccc(Cl)c2C)cc1OC. The first kappa shape index (κ1) is 17.4. The molecule has 0 aromatic heterocycles. The van der Waals surface area contributed by atoms with E-state index in [0.29, 0.717) is 27.8 Å². The molecule has 0 N–H and O–H groups in total. The summed E-state index contributed by atoms with van der Waals surface area (Å²) in [6, 6.07) is 9.62.